The number of nitrogen functional groups attached to an aromatic ring is 1. The number of halogens is 2. The summed E-state index contributed by atoms with van der Waals surface area (Å²) < 4.78 is 26.4. The van der Waals surface area contributed by atoms with E-state index in [1.54, 1.807) is 6.07 Å². The number of hydrogen-bond acceptors (Lipinski definition) is 2. The molecule has 4 heteroatoms. The second-order valence-corrected chi connectivity index (χ2v) is 5.07. The Morgan fingerprint density at radius 3 is 2.61 bits per heavy atom. The molecular formula is C14H13F2NS. The molecule has 1 nitrogen and oxygen atoms in total. The zero-order valence-corrected chi connectivity index (χ0v) is 10.7. The third-order valence-corrected chi connectivity index (χ3v) is 3.81. The first-order chi connectivity index (χ1) is 8.56. The summed E-state index contributed by atoms with van der Waals surface area (Å²) in [7, 11) is 0. The molecule has 0 aromatic heterocycles. The minimum absolute atomic E-state index is 0.372. The van der Waals surface area contributed by atoms with Gasteiger partial charge in [-0.2, -0.15) is 0 Å². The van der Waals surface area contributed by atoms with E-state index in [1.807, 2.05) is 19.1 Å². The molecule has 2 aromatic rings. The van der Waals surface area contributed by atoms with Crippen LogP contribution in [-0.4, -0.2) is 0 Å². The van der Waals surface area contributed by atoms with Crippen molar-refractivity contribution in [3.05, 3.63) is 59.2 Å². The van der Waals surface area contributed by atoms with Crippen LogP contribution in [0.25, 0.3) is 0 Å². The van der Waals surface area contributed by atoms with E-state index in [0.717, 1.165) is 22.6 Å². The number of thioether (sulfide) groups is 1. The van der Waals surface area contributed by atoms with Crippen LogP contribution >= 0.6 is 11.8 Å². The Morgan fingerprint density at radius 2 is 1.89 bits per heavy atom. The standard InChI is InChI=1S/C14H13F2NS/c1-9-6-12(17)3-5-14(9)18-8-10-7-11(15)2-4-13(10)16/h2-7H,8,17H2,1H3. The average Bonchev–Trinajstić information content (AvgIpc) is 2.32. The van der Waals surface area contributed by atoms with Gasteiger partial charge in [0.2, 0.25) is 0 Å². The molecule has 2 aromatic carbocycles. The van der Waals surface area contributed by atoms with Gasteiger partial charge in [0.25, 0.3) is 0 Å². The van der Waals surface area contributed by atoms with Crippen molar-refractivity contribution in [2.24, 2.45) is 0 Å². The van der Waals surface area contributed by atoms with E-state index in [-0.39, 0.29) is 5.82 Å². The van der Waals surface area contributed by atoms with Crippen molar-refractivity contribution in [3.8, 4) is 0 Å². The van der Waals surface area contributed by atoms with E-state index < -0.39 is 5.82 Å². The first kappa shape index (κ1) is 12.9. The Balaban J connectivity index is 2.13. The predicted molar refractivity (Wildman–Crippen MR) is 71.5 cm³/mol. The fraction of sp³-hybridized carbons (Fsp3) is 0.143. The molecule has 2 N–H and O–H groups in total. The van der Waals surface area contributed by atoms with Crippen molar-refractivity contribution >= 4 is 17.4 Å². The van der Waals surface area contributed by atoms with Gasteiger partial charge in [-0.25, -0.2) is 8.78 Å². The lowest BCUT2D eigenvalue weighted by atomic mass is 10.2. The fourth-order valence-electron chi connectivity index (χ4n) is 1.64. The molecule has 0 bridgehead atoms. The molecule has 0 amide bonds. The van der Waals surface area contributed by atoms with Crippen LogP contribution in [0.4, 0.5) is 14.5 Å². The largest absolute Gasteiger partial charge is 0.399 e. The molecule has 0 aliphatic heterocycles. The monoisotopic (exact) mass is 265 g/mol. The van der Waals surface area contributed by atoms with Crippen LogP contribution in [0, 0.1) is 18.6 Å². The van der Waals surface area contributed by atoms with E-state index in [2.05, 4.69) is 0 Å². The SMILES string of the molecule is Cc1cc(N)ccc1SCc1cc(F)ccc1F. The summed E-state index contributed by atoms with van der Waals surface area (Å²) in [5.74, 6) is -0.396. The lowest BCUT2D eigenvalue weighted by Gasteiger charge is -2.07. The van der Waals surface area contributed by atoms with Crippen molar-refractivity contribution in [1.82, 2.24) is 0 Å². The van der Waals surface area contributed by atoms with Crippen LogP contribution in [0.15, 0.2) is 41.3 Å². The van der Waals surface area contributed by atoms with Gasteiger partial charge < -0.3 is 5.73 Å². The lowest BCUT2D eigenvalue weighted by molar-refractivity contribution is 0.591. The highest BCUT2D eigenvalue weighted by Gasteiger charge is 2.06. The normalized spacial score (nSPS) is 10.6. The van der Waals surface area contributed by atoms with Gasteiger partial charge in [-0.3, -0.25) is 0 Å². The molecule has 0 spiro atoms. The molecule has 18 heavy (non-hydrogen) atoms. The van der Waals surface area contributed by atoms with Gasteiger partial charge in [0.15, 0.2) is 0 Å². The summed E-state index contributed by atoms with van der Waals surface area (Å²) in [5.41, 5.74) is 7.77. The molecule has 0 saturated carbocycles. The highest BCUT2D eigenvalue weighted by molar-refractivity contribution is 7.98. The molecule has 0 unspecified atom stereocenters. The minimum Gasteiger partial charge on any atom is -0.399 e. The summed E-state index contributed by atoms with van der Waals surface area (Å²) >= 11 is 1.47. The van der Waals surface area contributed by atoms with Gasteiger partial charge in [0.1, 0.15) is 11.6 Å². The predicted octanol–water partition coefficient (Wildman–Crippen LogP) is 4.15. The van der Waals surface area contributed by atoms with Crippen LogP contribution in [0.1, 0.15) is 11.1 Å². The number of nitrogens with two attached hydrogens (primary N) is 1. The van der Waals surface area contributed by atoms with Crippen LogP contribution in [0.3, 0.4) is 0 Å². The van der Waals surface area contributed by atoms with Gasteiger partial charge in [-0.05, 0) is 48.9 Å². The van der Waals surface area contributed by atoms with Crippen LogP contribution in [0.2, 0.25) is 0 Å². The van der Waals surface area contributed by atoms with Gasteiger partial charge in [0, 0.05) is 21.9 Å². The van der Waals surface area contributed by atoms with Crippen molar-refractivity contribution in [1.29, 1.82) is 0 Å². The highest BCUT2D eigenvalue weighted by Crippen LogP contribution is 2.28. The van der Waals surface area contributed by atoms with Gasteiger partial charge in [-0.15, -0.1) is 11.8 Å². The van der Waals surface area contributed by atoms with Crippen molar-refractivity contribution < 1.29 is 8.78 Å². The van der Waals surface area contributed by atoms with Crippen LogP contribution in [-0.2, 0) is 5.75 Å². The number of anilines is 1. The quantitative estimate of drug-likeness (QED) is 0.666. The molecule has 0 heterocycles. The van der Waals surface area contributed by atoms with E-state index in [9.17, 15) is 8.78 Å². The molecule has 0 fully saturated rings. The third kappa shape index (κ3) is 3.01. The smallest absolute Gasteiger partial charge is 0.127 e. The zero-order chi connectivity index (χ0) is 13.1. The van der Waals surface area contributed by atoms with E-state index in [1.165, 1.54) is 17.8 Å². The summed E-state index contributed by atoms with van der Waals surface area (Å²) in [5, 5.41) is 0. The maximum absolute atomic E-state index is 13.4. The average molecular weight is 265 g/mol. The lowest BCUT2D eigenvalue weighted by Crippen LogP contribution is -1.91. The van der Waals surface area contributed by atoms with Crippen molar-refractivity contribution in [2.75, 3.05) is 5.73 Å². The Hall–Kier alpha value is -1.55. The second kappa shape index (κ2) is 5.40. The second-order valence-electron chi connectivity index (χ2n) is 4.05. The van der Waals surface area contributed by atoms with E-state index in [4.69, 9.17) is 5.73 Å². The van der Waals surface area contributed by atoms with Crippen LogP contribution in [0.5, 0.6) is 0 Å². The number of rotatable bonds is 3. The molecule has 0 aliphatic rings. The molecule has 94 valence electrons. The maximum Gasteiger partial charge on any atom is 0.127 e. The maximum atomic E-state index is 13.4. The molecule has 0 aliphatic carbocycles. The summed E-state index contributed by atoms with van der Waals surface area (Å²) in [6, 6.07) is 9.07. The minimum atomic E-state index is -0.416. The third-order valence-electron chi connectivity index (χ3n) is 2.59. The van der Waals surface area contributed by atoms with Crippen molar-refractivity contribution in [2.45, 2.75) is 17.6 Å². The Bertz CT molecular complexity index is 570. The number of aryl methyl sites for hydroxylation is 1. The first-order valence-electron chi connectivity index (χ1n) is 5.49. The van der Waals surface area contributed by atoms with E-state index >= 15 is 0 Å². The van der Waals surface area contributed by atoms with Crippen molar-refractivity contribution in [3.63, 3.8) is 0 Å². The first-order valence-corrected chi connectivity index (χ1v) is 6.47. The van der Waals surface area contributed by atoms with Gasteiger partial charge >= 0.3 is 0 Å². The molecule has 0 atom stereocenters. The number of hydrogen-bond donors (Lipinski definition) is 1. The Morgan fingerprint density at radius 1 is 1.11 bits per heavy atom. The summed E-state index contributed by atoms with van der Waals surface area (Å²) in [6.45, 7) is 1.95. The molecule has 2 rings (SSSR count). The summed E-state index contributed by atoms with van der Waals surface area (Å²) in [4.78, 5) is 1.02. The highest BCUT2D eigenvalue weighted by atomic mass is 32.2. The fourth-order valence-corrected chi connectivity index (χ4v) is 2.63. The van der Waals surface area contributed by atoms with Gasteiger partial charge in [-0.1, -0.05) is 0 Å². The zero-order valence-electron chi connectivity index (χ0n) is 9.91. The Labute approximate surface area is 109 Å². The van der Waals surface area contributed by atoms with E-state index in [0.29, 0.717) is 17.0 Å². The molecular weight excluding hydrogens is 252 g/mol. The topological polar surface area (TPSA) is 26.0 Å². The molecule has 0 radical (unpaired) electrons. The molecule has 0 saturated heterocycles. The van der Waals surface area contributed by atoms with Crippen LogP contribution < -0.4 is 5.73 Å². The Kier molecular flexibility index (Phi) is 3.87. The number of benzene rings is 2. The summed E-state index contributed by atoms with van der Waals surface area (Å²) in [6.07, 6.45) is 0. The van der Waals surface area contributed by atoms with Gasteiger partial charge in [0.05, 0.1) is 0 Å².